The normalized spacial score (nSPS) is 12.0. The highest BCUT2D eigenvalue weighted by Gasteiger charge is 2.24. The quantitative estimate of drug-likeness (QED) is 0.910. The van der Waals surface area contributed by atoms with Gasteiger partial charge in [-0.15, -0.1) is 0 Å². The van der Waals surface area contributed by atoms with Crippen molar-refractivity contribution >= 4 is 23.5 Å². The van der Waals surface area contributed by atoms with Crippen LogP contribution in [0.25, 0.3) is 0 Å². The van der Waals surface area contributed by atoms with Crippen LogP contribution in [0.4, 0.5) is 4.39 Å². The van der Waals surface area contributed by atoms with E-state index in [0.717, 1.165) is 6.07 Å². The molecular weight excluding hydrogens is 299 g/mol. The summed E-state index contributed by atoms with van der Waals surface area (Å²) in [5, 5.41) is 11.5. The Morgan fingerprint density at radius 3 is 2.62 bits per heavy atom. The average molecular weight is 311 g/mol. The molecule has 5 nitrogen and oxygen atoms in total. The Morgan fingerprint density at radius 2 is 2.10 bits per heavy atom. The topological polar surface area (TPSA) is 71.3 Å². The number of carboxylic acid groups (broad SMARTS) is 1. The highest BCUT2D eigenvalue weighted by Crippen LogP contribution is 2.21. The minimum atomic E-state index is -1.36. The van der Waals surface area contributed by atoms with E-state index in [2.05, 4.69) is 5.32 Å². The molecule has 0 aliphatic rings. The molecule has 0 aliphatic carbocycles. The van der Waals surface area contributed by atoms with Crippen molar-refractivity contribution < 1.29 is 19.1 Å². The van der Waals surface area contributed by atoms with Gasteiger partial charge in [0.25, 0.3) is 5.91 Å². The van der Waals surface area contributed by atoms with Crippen LogP contribution in [0, 0.1) is 5.82 Å². The number of carbonyl (C=O) groups is 2. The van der Waals surface area contributed by atoms with Crippen LogP contribution in [-0.2, 0) is 11.8 Å². The maximum absolute atomic E-state index is 13.4. The van der Waals surface area contributed by atoms with E-state index in [4.69, 9.17) is 11.6 Å². The molecule has 0 aliphatic heterocycles. The first-order valence-corrected chi connectivity index (χ1v) is 6.38. The minimum Gasteiger partial charge on any atom is -0.479 e. The predicted octanol–water partition coefficient (Wildman–Crippen LogP) is 2.37. The molecule has 0 spiro atoms. The number of nitrogens with zero attached hydrogens (tertiary/aromatic N) is 1. The predicted molar refractivity (Wildman–Crippen MR) is 74.7 cm³/mol. The Kier molecular flexibility index (Phi) is 4.28. The van der Waals surface area contributed by atoms with Gasteiger partial charge in [-0.2, -0.15) is 0 Å². The molecule has 0 unspecified atom stereocenters. The van der Waals surface area contributed by atoms with Crippen molar-refractivity contribution in [3.63, 3.8) is 0 Å². The fraction of sp³-hybridized carbons (Fsp3) is 0.143. The number of carboxylic acids is 1. The molecule has 1 atom stereocenters. The Bertz CT molecular complexity index is 699. The van der Waals surface area contributed by atoms with E-state index >= 15 is 0 Å². The third-order valence-electron chi connectivity index (χ3n) is 2.98. The maximum atomic E-state index is 13.4. The first-order valence-electron chi connectivity index (χ1n) is 6.00. The van der Waals surface area contributed by atoms with E-state index in [0.29, 0.717) is 5.69 Å². The molecule has 2 N–H and O–H groups in total. The van der Waals surface area contributed by atoms with E-state index in [1.807, 2.05) is 0 Å². The van der Waals surface area contributed by atoms with Crippen LogP contribution < -0.4 is 5.32 Å². The second kappa shape index (κ2) is 5.97. The summed E-state index contributed by atoms with van der Waals surface area (Å²) < 4.78 is 15.0. The fourth-order valence-electron chi connectivity index (χ4n) is 1.88. The number of hydrogen-bond acceptors (Lipinski definition) is 2. The Morgan fingerprint density at radius 1 is 1.38 bits per heavy atom. The number of benzene rings is 1. The number of aliphatic carboxylic acids is 1. The number of aryl methyl sites for hydroxylation is 1. The molecule has 0 fully saturated rings. The first-order chi connectivity index (χ1) is 9.90. The minimum absolute atomic E-state index is 0.104. The SMILES string of the molecule is Cn1cccc1C(=O)N[C@@H](C(=O)O)c1ccc(Cl)c(F)c1. The van der Waals surface area contributed by atoms with E-state index in [1.165, 1.54) is 12.1 Å². The summed E-state index contributed by atoms with van der Waals surface area (Å²) in [4.78, 5) is 23.4. The summed E-state index contributed by atoms with van der Waals surface area (Å²) in [6, 6.07) is 5.45. The summed E-state index contributed by atoms with van der Waals surface area (Å²) in [5.41, 5.74) is 0.405. The van der Waals surface area contributed by atoms with Gasteiger partial charge in [-0.1, -0.05) is 17.7 Å². The summed E-state index contributed by atoms with van der Waals surface area (Å²) in [6.07, 6.45) is 1.66. The van der Waals surface area contributed by atoms with Crippen LogP contribution in [0.15, 0.2) is 36.5 Å². The molecule has 110 valence electrons. The number of carbonyl (C=O) groups excluding carboxylic acids is 1. The molecule has 0 radical (unpaired) electrons. The van der Waals surface area contributed by atoms with Gasteiger partial charge in [0.2, 0.25) is 0 Å². The molecule has 0 saturated carbocycles. The first kappa shape index (κ1) is 15.1. The second-order valence-corrected chi connectivity index (χ2v) is 4.83. The lowest BCUT2D eigenvalue weighted by Crippen LogP contribution is -2.34. The van der Waals surface area contributed by atoms with Gasteiger partial charge in [0.15, 0.2) is 6.04 Å². The number of halogens is 2. The van der Waals surface area contributed by atoms with Gasteiger partial charge in [0.05, 0.1) is 5.02 Å². The van der Waals surface area contributed by atoms with Crippen LogP contribution in [-0.4, -0.2) is 21.6 Å². The van der Waals surface area contributed by atoms with E-state index in [1.54, 1.807) is 29.9 Å². The van der Waals surface area contributed by atoms with Gasteiger partial charge >= 0.3 is 5.97 Å². The summed E-state index contributed by atoms with van der Waals surface area (Å²) >= 11 is 5.56. The van der Waals surface area contributed by atoms with Crippen LogP contribution in [0.2, 0.25) is 5.02 Å². The zero-order valence-corrected chi connectivity index (χ0v) is 11.8. The molecule has 7 heteroatoms. The molecule has 0 saturated heterocycles. The number of aromatic nitrogens is 1. The lowest BCUT2D eigenvalue weighted by atomic mass is 10.1. The molecule has 2 rings (SSSR count). The van der Waals surface area contributed by atoms with E-state index in [9.17, 15) is 19.1 Å². The highest BCUT2D eigenvalue weighted by molar-refractivity contribution is 6.30. The summed E-state index contributed by atoms with van der Waals surface area (Å²) in [7, 11) is 1.66. The van der Waals surface area contributed by atoms with Gasteiger partial charge in [-0.3, -0.25) is 4.79 Å². The molecule has 0 bridgehead atoms. The molecule has 1 amide bonds. The van der Waals surface area contributed by atoms with Gasteiger partial charge < -0.3 is 15.0 Å². The van der Waals surface area contributed by atoms with Crippen molar-refractivity contribution in [3.8, 4) is 0 Å². The van der Waals surface area contributed by atoms with Crippen LogP contribution in [0.3, 0.4) is 0 Å². The Labute approximate surface area is 125 Å². The van der Waals surface area contributed by atoms with Crippen molar-refractivity contribution in [3.05, 3.63) is 58.6 Å². The van der Waals surface area contributed by atoms with Crippen LogP contribution in [0.1, 0.15) is 22.1 Å². The van der Waals surface area contributed by atoms with Crippen LogP contribution in [0.5, 0.6) is 0 Å². The fourth-order valence-corrected chi connectivity index (χ4v) is 2.00. The summed E-state index contributed by atoms with van der Waals surface area (Å²) in [6.45, 7) is 0. The number of nitrogens with one attached hydrogen (secondary N) is 1. The number of amides is 1. The smallest absolute Gasteiger partial charge is 0.330 e. The highest BCUT2D eigenvalue weighted by atomic mass is 35.5. The average Bonchev–Trinajstić information content (AvgIpc) is 2.85. The monoisotopic (exact) mass is 310 g/mol. The van der Waals surface area contributed by atoms with Gasteiger partial charge in [0, 0.05) is 13.2 Å². The second-order valence-electron chi connectivity index (χ2n) is 4.42. The van der Waals surface area contributed by atoms with Crippen molar-refractivity contribution in [2.75, 3.05) is 0 Å². The van der Waals surface area contributed by atoms with Crippen molar-refractivity contribution in [2.45, 2.75) is 6.04 Å². The Hall–Kier alpha value is -2.34. The number of rotatable bonds is 4. The molecular formula is C14H12ClFN2O3. The Balaban J connectivity index is 2.28. The van der Waals surface area contributed by atoms with Crippen molar-refractivity contribution in [1.29, 1.82) is 0 Å². The van der Waals surface area contributed by atoms with Gasteiger partial charge in [-0.25, -0.2) is 9.18 Å². The van der Waals surface area contributed by atoms with Gasteiger partial charge in [0.1, 0.15) is 11.5 Å². The van der Waals surface area contributed by atoms with Crippen molar-refractivity contribution in [1.82, 2.24) is 9.88 Å². The zero-order valence-electron chi connectivity index (χ0n) is 11.0. The molecule has 1 aromatic heterocycles. The zero-order chi connectivity index (χ0) is 15.6. The maximum Gasteiger partial charge on any atom is 0.330 e. The molecule has 2 aromatic rings. The van der Waals surface area contributed by atoms with E-state index < -0.39 is 23.7 Å². The van der Waals surface area contributed by atoms with Gasteiger partial charge in [-0.05, 0) is 29.8 Å². The molecule has 21 heavy (non-hydrogen) atoms. The standard InChI is InChI=1S/C14H12ClFN2O3/c1-18-6-2-3-11(18)13(19)17-12(14(20)21)8-4-5-9(15)10(16)7-8/h2-7,12H,1H3,(H,17,19)(H,20,21)/t12-/m1/s1. The molecule has 1 aromatic carbocycles. The van der Waals surface area contributed by atoms with Crippen molar-refractivity contribution in [2.24, 2.45) is 7.05 Å². The third kappa shape index (κ3) is 3.22. The molecule has 1 heterocycles. The van der Waals surface area contributed by atoms with Crippen LogP contribution >= 0.6 is 11.6 Å². The lowest BCUT2D eigenvalue weighted by Gasteiger charge is -2.15. The van der Waals surface area contributed by atoms with E-state index in [-0.39, 0.29) is 10.6 Å². The summed E-state index contributed by atoms with van der Waals surface area (Å²) in [5.74, 6) is -2.60. The number of hydrogen-bond donors (Lipinski definition) is 2. The largest absolute Gasteiger partial charge is 0.479 e. The lowest BCUT2D eigenvalue weighted by molar-refractivity contribution is -0.139. The third-order valence-corrected chi connectivity index (χ3v) is 3.28.